The van der Waals surface area contributed by atoms with Gasteiger partial charge in [0.05, 0.1) is 31.0 Å². The molecule has 0 fully saturated rings. The standard InChI is InChI=1S/C33H26N4O11S4.2Na.2H/c38-33(34-25-11-7-21-9-13-29(17-23(21)15-25)49(39,40)36-27-3-1-5-31(19-27)51(43,44)45)35-26-12-8-22-10-14-30(18-24(22)16-26)50(41,42)37-28-4-2-6-32(20-28)52(46,47)48;;;;/h1-20,36-37H,(H2,34,35,38)(H,43,44,45)(H,46,47,48);;;;. The van der Waals surface area contributed by atoms with Crippen LogP contribution in [0.15, 0.2) is 141 Å². The molecule has 2 amide bonds. The molecule has 15 nitrogen and oxygen atoms in total. The zero-order chi connectivity index (χ0) is 37.5. The average molecular weight is 831 g/mol. The molecule has 6 N–H and O–H groups in total. The summed E-state index contributed by atoms with van der Waals surface area (Å²) in [5.41, 5.74) is 0.447. The summed E-state index contributed by atoms with van der Waals surface area (Å²) in [6, 6.07) is 26.8. The van der Waals surface area contributed by atoms with Crippen LogP contribution in [0.3, 0.4) is 0 Å². The minimum atomic E-state index is -4.56. The molecule has 0 aromatic heterocycles. The van der Waals surface area contributed by atoms with Gasteiger partial charge in [0.1, 0.15) is 0 Å². The van der Waals surface area contributed by atoms with Crippen molar-refractivity contribution in [3.8, 4) is 0 Å². The van der Waals surface area contributed by atoms with Crippen molar-refractivity contribution in [1.29, 1.82) is 0 Å². The molecule has 0 unspecified atom stereocenters. The van der Waals surface area contributed by atoms with Crippen molar-refractivity contribution < 1.29 is 47.6 Å². The maximum absolute atomic E-state index is 13.1. The molecule has 272 valence electrons. The van der Waals surface area contributed by atoms with E-state index in [9.17, 15) is 47.6 Å². The quantitative estimate of drug-likeness (QED) is 0.0833. The van der Waals surface area contributed by atoms with Crippen LogP contribution in [0.5, 0.6) is 0 Å². The van der Waals surface area contributed by atoms with Gasteiger partial charge in [0.25, 0.3) is 40.3 Å². The fourth-order valence-electron chi connectivity index (χ4n) is 5.10. The van der Waals surface area contributed by atoms with E-state index in [1.807, 2.05) is 0 Å². The third-order valence-electron chi connectivity index (χ3n) is 7.53. The second-order valence-electron chi connectivity index (χ2n) is 11.2. The number of carbonyl (C=O) groups excluding carboxylic acids is 1. The number of amides is 2. The van der Waals surface area contributed by atoms with E-state index in [1.54, 1.807) is 48.5 Å². The first-order chi connectivity index (χ1) is 24.4. The molecule has 6 aromatic rings. The normalized spacial score (nSPS) is 11.9. The fraction of sp³-hybridized carbons (Fsp3) is 0. The van der Waals surface area contributed by atoms with E-state index >= 15 is 0 Å². The van der Waals surface area contributed by atoms with E-state index in [-0.39, 0.29) is 80.3 Å². The number of carbonyl (C=O) groups is 1. The van der Waals surface area contributed by atoms with Gasteiger partial charge in [0.15, 0.2) is 0 Å². The van der Waals surface area contributed by atoms with Crippen molar-refractivity contribution in [2.45, 2.75) is 19.6 Å². The van der Waals surface area contributed by atoms with E-state index in [0.29, 0.717) is 32.9 Å². The Kier molecular flexibility index (Phi) is 13.3. The molecule has 0 saturated heterocycles. The first-order valence-corrected chi connectivity index (χ1v) is 20.6. The molecule has 6 aromatic carbocycles. The number of hydrogen-bond acceptors (Lipinski definition) is 9. The van der Waals surface area contributed by atoms with Gasteiger partial charge in [-0.05, 0) is 106 Å². The minimum absolute atomic E-state index is 0. The van der Waals surface area contributed by atoms with Crippen molar-refractivity contribution in [2.75, 3.05) is 20.1 Å². The van der Waals surface area contributed by atoms with Crippen LogP contribution in [0.2, 0.25) is 0 Å². The van der Waals surface area contributed by atoms with Crippen molar-refractivity contribution in [2.24, 2.45) is 0 Å². The van der Waals surface area contributed by atoms with Gasteiger partial charge in [-0.1, -0.05) is 36.4 Å². The Morgan fingerprint density at radius 1 is 0.407 bits per heavy atom. The predicted molar refractivity (Wildman–Crippen MR) is 209 cm³/mol. The second kappa shape index (κ2) is 16.7. The summed E-state index contributed by atoms with van der Waals surface area (Å²) in [6.45, 7) is 0. The van der Waals surface area contributed by atoms with E-state index in [0.717, 1.165) is 24.3 Å². The second-order valence-corrected chi connectivity index (χ2v) is 17.5. The molecular weight excluding hydrogens is 803 g/mol. The molecular formula is C33H28N4Na2O11S4. The molecule has 0 heterocycles. The van der Waals surface area contributed by atoms with Gasteiger partial charge in [-0.3, -0.25) is 18.5 Å². The maximum atomic E-state index is 13.1. The van der Waals surface area contributed by atoms with E-state index in [4.69, 9.17) is 0 Å². The van der Waals surface area contributed by atoms with Crippen molar-refractivity contribution >= 4 is 150 Å². The monoisotopic (exact) mass is 830 g/mol. The molecule has 0 atom stereocenters. The van der Waals surface area contributed by atoms with Crippen LogP contribution in [0, 0.1) is 0 Å². The van der Waals surface area contributed by atoms with Crippen LogP contribution < -0.4 is 20.1 Å². The number of anilines is 4. The Hall–Kier alpha value is -3.57. The van der Waals surface area contributed by atoms with E-state index in [1.165, 1.54) is 48.5 Å². The van der Waals surface area contributed by atoms with E-state index in [2.05, 4.69) is 20.1 Å². The fourth-order valence-corrected chi connectivity index (χ4v) is 8.32. The van der Waals surface area contributed by atoms with Crippen molar-refractivity contribution in [1.82, 2.24) is 0 Å². The Morgan fingerprint density at radius 3 is 1.15 bits per heavy atom. The number of urea groups is 1. The van der Waals surface area contributed by atoms with Gasteiger partial charge in [0.2, 0.25) is 0 Å². The van der Waals surface area contributed by atoms with Crippen molar-refractivity contribution in [3.05, 3.63) is 121 Å². The van der Waals surface area contributed by atoms with Crippen LogP contribution in [0.4, 0.5) is 27.5 Å². The zero-order valence-electron chi connectivity index (χ0n) is 26.2. The van der Waals surface area contributed by atoms with Crippen LogP contribution in [0.25, 0.3) is 21.5 Å². The Balaban J connectivity index is 0.00000325. The third-order valence-corrected chi connectivity index (χ3v) is 12.0. The number of sulfonamides is 2. The number of nitrogens with one attached hydrogen (secondary N) is 4. The number of benzene rings is 6. The van der Waals surface area contributed by atoms with Crippen LogP contribution in [-0.4, -0.2) is 108 Å². The van der Waals surface area contributed by atoms with Crippen molar-refractivity contribution in [3.63, 3.8) is 0 Å². The van der Waals surface area contributed by atoms with Gasteiger partial charge >= 0.3 is 65.1 Å². The van der Waals surface area contributed by atoms with E-state index < -0.39 is 56.1 Å². The number of fused-ring (bicyclic) bond motifs is 2. The topological polar surface area (TPSA) is 242 Å². The first kappa shape index (κ1) is 43.2. The third kappa shape index (κ3) is 10.4. The number of rotatable bonds is 10. The zero-order valence-corrected chi connectivity index (χ0v) is 29.5. The van der Waals surface area contributed by atoms with Crippen LogP contribution >= 0.6 is 0 Å². The van der Waals surface area contributed by atoms with Gasteiger partial charge in [-0.2, -0.15) is 16.8 Å². The molecule has 0 aliphatic heterocycles. The molecule has 0 radical (unpaired) electrons. The average Bonchev–Trinajstić information content (AvgIpc) is 3.06. The molecule has 0 spiro atoms. The molecule has 0 aliphatic carbocycles. The van der Waals surface area contributed by atoms with Crippen LogP contribution in [-0.2, 0) is 40.3 Å². The summed E-state index contributed by atoms with van der Waals surface area (Å²) in [5.74, 6) is 0. The molecule has 21 heteroatoms. The van der Waals surface area contributed by atoms with Gasteiger partial charge in [-0.25, -0.2) is 21.6 Å². The Morgan fingerprint density at radius 2 is 0.778 bits per heavy atom. The summed E-state index contributed by atoms with van der Waals surface area (Å²) in [6.07, 6.45) is 0. The molecule has 0 saturated carbocycles. The summed E-state index contributed by atoms with van der Waals surface area (Å²) < 4.78 is 121. The molecule has 0 aliphatic rings. The molecule has 0 bridgehead atoms. The number of hydrogen-bond donors (Lipinski definition) is 6. The SMILES string of the molecule is O=C(Nc1ccc2ccc(S(=O)(=O)Nc3cccc(S(=O)(=O)O)c3)cc2c1)Nc1ccc2ccc(S(=O)(=O)Nc3cccc(S(=O)(=O)O)c3)cc2c1.[NaH].[NaH]. The van der Waals surface area contributed by atoms with Gasteiger partial charge < -0.3 is 10.6 Å². The summed E-state index contributed by atoms with van der Waals surface area (Å²) in [7, 11) is -17.5. The first-order valence-electron chi connectivity index (χ1n) is 14.7. The Labute approximate surface area is 354 Å². The summed E-state index contributed by atoms with van der Waals surface area (Å²) in [5, 5.41) is 7.53. The predicted octanol–water partition coefficient (Wildman–Crippen LogP) is 4.44. The van der Waals surface area contributed by atoms with Gasteiger partial charge in [0, 0.05) is 11.4 Å². The Bertz CT molecular complexity index is 2680. The summed E-state index contributed by atoms with van der Waals surface area (Å²) in [4.78, 5) is 11.7. The molecule has 6 rings (SSSR count). The van der Waals surface area contributed by atoms with Crippen LogP contribution in [0.1, 0.15) is 0 Å². The summed E-state index contributed by atoms with van der Waals surface area (Å²) >= 11 is 0. The molecule has 54 heavy (non-hydrogen) atoms. The van der Waals surface area contributed by atoms with Gasteiger partial charge in [-0.15, -0.1) is 0 Å².